The van der Waals surface area contributed by atoms with Crippen LogP contribution in [0.2, 0.25) is 0 Å². The van der Waals surface area contributed by atoms with Gasteiger partial charge in [-0.25, -0.2) is 14.4 Å². The van der Waals surface area contributed by atoms with Crippen LogP contribution in [-0.4, -0.2) is 48.7 Å². The summed E-state index contributed by atoms with van der Waals surface area (Å²) in [6.07, 6.45) is 1.67. The average molecular weight is 451 g/mol. The molecule has 1 aromatic carbocycles. The van der Waals surface area contributed by atoms with E-state index in [0.717, 1.165) is 18.8 Å². The van der Waals surface area contributed by atoms with Crippen LogP contribution in [-0.2, 0) is 13.6 Å². The number of anilines is 1. The maximum absolute atomic E-state index is 13.2. The van der Waals surface area contributed by atoms with Gasteiger partial charge >= 0.3 is 0 Å². The molecule has 2 fully saturated rings. The molecule has 3 aromatic heterocycles. The number of rotatable bonds is 6. The molecule has 10 nitrogen and oxygen atoms in total. The topological polar surface area (TPSA) is 104 Å². The first-order chi connectivity index (χ1) is 16.0. The molecule has 2 unspecified atom stereocenters. The molecule has 1 saturated heterocycles. The Bertz CT molecular complexity index is 1380. The van der Waals surface area contributed by atoms with Gasteiger partial charge in [-0.2, -0.15) is 4.98 Å². The summed E-state index contributed by atoms with van der Waals surface area (Å²) in [5.74, 6) is 2.72. The van der Waals surface area contributed by atoms with Crippen molar-refractivity contribution in [2.75, 3.05) is 18.0 Å². The highest BCUT2D eigenvalue weighted by molar-refractivity contribution is 5.68. The van der Waals surface area contributed by atoms with E-state index >= 15 is 0 Å². The molecule has 1 saturated carbocycles. The van der Waals surface area contributed by atoms with Gasteiger partial charge in [0.1, 0.15) is 18.6 Å². The summed E-state index contributed by atoms with van der Waals surface area (Å²) in [6, 6.07) is 7.51. The molecule has 1 aliphatic carbocycles. The van der Waals surface area contributed by atoms with Crippen LogP contribution < -0.4 is 15.2 Å². The highest BCUT2D eigenvalue weighted by Gasteiger charge is 2.58. The van der Waals surface area contributed by atoms with Crippen LogP contribution in [0, 0.1) is 11.8 Å². The highest BCUT2D eigenvalue weighted by atomic mass is 19.1. The molecular formula is C22H22FN7O3. The van der Waals surface area contributed by atoms with Crippen LogP contribution in [0.25, 0.3) is 11.2 Å². The number of piperidine rings is 1. The van der Waals surface area contributed by atoms with E-state index in [-0.39, 0.29) is 18.0 Å². The first-order valence-electron chi connectivity index (χ1n) is 10.8. The van der Waals surface area contributed by atoms with E-state index in [9.17, 15) is 9.18 Å². The molecule has 0 spiro atoms. The number of ether oxygens (including phenoxy) is 1. The lowest BCUT2D eigenvalue weighted by Gasteiger charge is -2.22. The molecule has 33 heavy (non-hydrogen) atoms. The number of nitrogens with zero attached hydrogens (tertiary/aromatic N) is 7. The second-order valence-electron chi connectivity index (χ2n) is 8.67. The lowest BCUT2D eigenvalue weighted by Crippen LogP contribution is -2.24. The van der Waals surface area contributed by atoms with Crippen LogP contribution in [0.3, 0.4) is 0 Å². The first-order valence-corrected chi connectivity index (χ1v) is 10.8. The van der Waals surface area contributed by atoms with E-state index in [2.05, 4.69) is 25.0 Å². The van der Waals surface area contributed by atoms with Crippen molar-refractivity contribution in [3.8, 4) is 5.75 Å². The third kappa shape index (κ3) is 3.43. The lowest BCUT2D eigenvalue weighted by molar-refractivity contribution is 0.0861. The van der Waals surface area contributed by atoms with Gasteiger partial charge in [0.05, 0.1) is 6.33 Å². The summed E-state index contributed by atoms with van der Waals surface area (Å²) in [6.45, 7) is 3.27. The highest BCUT2D eigenvalue weighted by Crippen LogP contribution is 2.58. The van der Waals surface area contributed by atoms with Crippen molar-refractivity contribution in [2.24, 2.45) is 18.9 Å². The largest absolute Gasteiger partial charge is 0.461 e. The molecule has 4 aromatic rings. The summed E-state index contributed by atoms with van der Waals surface area (Å²) in [5.41, 5.74) is 1.67. The zero-order chi connectivity index (χ0) is 22.7. The zero-order valence-corrected chi connectivity index (χ0v) is 18.1. The minimum absolute atomic E-state index is 0.161. The van der Waals surface area contributed by atoms with Crippen LogP contribution in [0.1, 0.15) is 24.6 Å². The Labute approximate surface area is 187 Å². The molecular weight excluding hydrogens is 429 g/mol. The monoisotopic (exact) mass is 451 g/mol. The average Bonchev–Trinajstić information content (AvgIpc) is 3.20. The summed E-state index contributed by atoms with van der Waals surface area (Å²) in [4.78, 5) is 27.9. The van der Waals surface area contributed by atoms with Crippen LogP contribution in [0.4, 0.5) is 10.1 Å². The van der Waals surface area contributed by atoms with Gasteiger partial charge in [-0.3, -0.25) is 9.36 Å². The fourth-order valence-corrected chi connectivity index (χ4v) is 4.86. The smallest absolute Gasteiger partial charge is 0.280 e. The molecule has 6 rings (SSSR count). The maximum Gasteiger partial charge on any atom is 0.280 e. The van der Waals surface area contributed by atoms with E-state index < -0.39 is 6.36 Å². The lowest BCUT2D eigenvalue weighted by atomic mass is 10.2. The van der Waals surface area contributed by atoms with Crippen molar-refractivity contribution < 1.29 is 13.7 Å². The molecule has 0 amide bonds. The van der Waals surface area contributed by atoms with Crippen molar-refractivity contribution in [3.63, 3.8) is 0 Å². The molecule has 4 atom stereocenters. The molecule has 0 bridgehead atoms. The number of hydrogen-bond donors (Lipinski definition) is 0. The number of aromatic nitrogens is 6. The number of alkyl halides is 1. The maximum atomic E-state index is 13.2. The zero-order valence-electron chi connectivity index (χ0n) is 18.1. The fraction of sp³-hybridized carbons (Fsp3) is 0.409. The minimum Gasteiger partial charge on any atom is -0.461 e. The van der Waals surface area contributed by atoms with E-state index in [1.807, 2.05) is 18.2 Å². The quantitative estimate of drug-likeness (QED) is 0.439. The number of hydrogen-bond acceptors (Lipinski definition) is 8. The first kappa shape index (κ1) is 19.9. The predicted octanol–water partition coefficient (Wildman–Crippen LogP) is 2.11. The van der Waals surface area contributed by atoms with Crippen LogP contribution >= 0.6 is 0 Å². The van der Waals surface area contributed by atoms with Crippen molar-refractivity contribution >= 4 is 16.9 Å². The number of imidazole rings is 1. The van der Waals surface area contributed by atoms with E-state index in [0.29, 0.717) is 40.5 Å². The Morgan fingerprint density at radius 2 is 2.03 bits per heavy atom. The normalized spacial score (nSPS) is 22.5. The van der Waals surface area contributed by atoms with Gasteiger partial charge in [0, 0.05) is 44.7 Å². The standard InChI is InChI=1S/C22H22FN7O3/c1-12(23)32-14-5-3-4-13(6-14)29-7-15-16(8-29)18(15)20-26-17(33-27-20)9-30-11-25-21-19(22(30)31)28(2)10-24-21/h3-6,10-12,15-16,18H,7-9H2,1-2H3/t12?,15-,16+,18?. The van der Waals surface area contributed by atoms with Crippen molar-refractivity contribution in [1.29, 1.82) is 0 Å². The molecule has 0 radical (unpaired) electrons. The molecule has 2 aliphatic rings. The second-order valence-corrected chi connectivity index (χ2v) is 8.67. The van der Waals surface area contributed by atoms with E-state index in [1.54, 1.807) is 24.0 Å². The molecule has 11 heteroatoms. The molecule has 4 heterocycles. The third-order valence-electron chi connectivity index (χ3n) is 6.46. The number of halogens is 1. The Balaban J connectivity index is 1.13. The second kappa shape index (κ2) is 7.39. The van der Waals surface area contributed by atoms with Crippen molar-refractivity contribution in [2.45, 2.75) is 25.7 Å². The van der Waals surface area contributed by atoms with Gasteiger partial charge in [-0.05, 0) is 24.0 Å². The predicted molar refractivity (Wildman–Crippen MR) is 116 cm³/mol. The van der Waals surface area contributed by atoms with Gasteiger partial charge in [0.15, 0.2) is 17.0 Å². The summed E-state index contributed by atoms with van der Waals surface area (Å²) in [7, 11) is 1.76. The number of aryl methyl sites for hydroxylation is 1. The van der Waals surface area contributed by atoms with Gasteiger partial charge in [-0.15, -0.1) is 0 Å². The molecule has 170 valence electrons. The van der Waals surface area contributed by atoms with Gasteiger partial charge in [-0.1, -0.05) is 11.2 Å². The van der Waals surface area contributed by atoms with Gasteiger partial charge < -0.3 is 18.7 Å². The Morgan fingerprint density at radius 3 is 2.82 bits per heavy atom. The summed E-state index contributed by atoms with van der Waals surface area (Å²) in [5, 5.41) is 4.18. The fourth-order valence-electron chi connectivity index (χ4n) is 4.86. The Kier molecular flexibility index (Phi) is 4.46. The van der Waals surface area contributed by atoms with E-state index in [1.165, 1.54) is 17.8 Å². The number of fused-ring (bicyclic) bond motifs is 2. The van der Waals surface area contributed by atoms with Gasteiger partial charge in [0.25, 0.3) is 5.56 Å². The molecule has 0 N–H and O–H groups in total. The summed E-state index contributed by atoms with van der Waals surface area (Å²) < 4.78 is 26.9. The van der Waals surface area contributed by atoms with Crippen molar-refractivity contribution in [3.05, 3.63) is 59.0 Å². The summed E-state index contributed by atoms with van der Waals surface area (Å²) >= 11 is 0. The van der Waals surface area contributed by atoms with E-state index in [4.69, 9.17) is 9.26 Å². The Hall–Kier alpha value is -3.76. The minimum atomic E-state index is -1.35. The third-order valence-corrected chi connectivity index (χ3v) is 6.46. The SMILES string of the molecule is CC(F)Oc1cccc(N2C[C@@H]3C(c4noc(Cn5cnc6ncn(C)c6c5=O)n4)[C@@H]3C2)c1. The Morgan fingerprint density at radius 1 is 1.24 bits per heavy atom. The van der Waals surface area contributed by atoms with Gasteiger partial charge in [0.2, 0.25) is 12.2 Å². The van der Waals surface area contributed by atoms with Crippen molar-refractivity contribution in [1.82, 2.24) is 29.2 Å². The van der Waals surface area contributed by atoms with Crippen LogP contribution in [0.5, 0.6) is 5.75 Å². The molecule has 1 aliphatic heterocycles. The van der Waals surface area contributed by atoms with Crippen LogP contribution in [0.15, 0.2) is 46.2 Å². The number of benzene rings is 1.